The summed E-state index contributed by atoms with van der Waals surface area (Å²) in [4.78, 5) is 0. The maximum absolute atomic E-state index is 13.5. The first-order valence-electron chi connectivity index (χ1n) is 12.3. The normalized spacial score (nSPS) is 27.6. The summed E-state index contributed by atoms with van der Waals surface area (Å²) >= 11 is 0. The van der Waals surface area contributed by atoms with Crippen molar-refractivity contribution < 1.29 is 13.2 Å². The van der Waals surface area contributed by atoms with Crippen molar-refractivity contribution in [1.82, 2.24) is 0 Å². The Hall–Kier alpha value is -1.25. The monoisotopic (exact) mass is 420 g/mol. The Morgan fingerprint density at radius 2 is 1.23 bits per heavy atom. The zero-order chi connectivity index (χ0) is 21.3. The molecule has 0 heterocycles. The topological polar surface area (TPSA) is 0 Å². The quantitative estimate of drug-likeness (QED) is 0.212. The summed E-state index contributed by atoms with van der Waals surface area (Å²) in [5, 5.41) is 0. The van der Waals surface area contributed by atoms with Crippen molar-refractivity contribution in [2.24, 2.45) is 17.8 Å². The van der Waals surface area contributed by atoms with E-state index in [0.29, 0.717) is 5.56 Å². The van der Waals surface area contributed by atoms with Crippen LogP contribution in [-0.4, -0.2) is 0 Å². The molecule has 0 aromatic heterocycles. The molecule has 0 saturated heterocycles. The molecule has 0 bridgehead atoms. The summed E-state index contributed by atoms with van der Waals surface area (Å²) < 4.78 is 40.2. The molecule has 0 radical (unpaired) electrons. The van der Waals surface area contributed by atoms with E-state index >= 15 is 0 Å². The summed E-state index contributed by atoms with van der Waals surface area (Å²) in [7, 11) is 0. The van der Waals surface area contributed by atoms with Crippen LogP contribution in [0.15, 0.2) is 24.3 Å². The molecular formula is C27H39F3. The average molecular weight is 421 g/mol. The molecule has 2 aliphatic carbocycles. The lowest BCUT2D eigenvalue weighted by atomic mass is 9.74. The summed E-state index contributed by atoms with van der Waals surface area (Å²) in [6.45, 7) is 2.10. The number of hydrogen-bond donors (Lipinski definition) is 0. The van der Waals surface area contributed by atoms with E-state index < -0.39 is 17.5 Å². The number of halogens is 3. The molecule has 168 valence electrons. The lowest BCUT2D eigenvalue weighted by molar-refractivity contribution is 0.222. The lowest BCUT2D eigenvalue weighted by Crippen LogP contribution is -2.18. The van der Waals surface area contributed by atoms with Crippen molar-refractivity contribution in [2.45, 2.75) is 103 Å². The van der Waals surface area contributed by atoms with Gasteiger partial charge in [0.05, 0.1) is 0 Å². The zero-order valence-electron chi connectivity index (χ0n) is 18.7. The van der Waals surface area contributed by atoms with E-state index in [0.717, 1.165) is 43.4 Å². The Balaban J connectivity index is 1.31. The maximum atomic E-state index is 13.5. The predicted molar refractivity (Wildman–Crippen MR) is 119 cm³/mol. The van der Waals surface area contributed by atoms with Crippen molar-refractivity contribution in [2.75, 3.05) is 0 Å². The molecule has 3 heteroatoms. The minimum Gasteiger partial charge on any atom is -0.204 e. The maximum Gasteiger partial charge on any atom is 0.194 e. The van der Waals surface area contributed by atoms with Gasteiger partial charge in [-0.2, -0.15) is 0 Å². The van der Waals surface area contributed by atoms with Crippen LogP contribution in [0.1, 0.15) is 108 Å². The largest absolute Gasteiger partial charge is 0.204 e. The third kappa shape index (κ3) is 6.89. The molecule has 0 nitrogen and oxygen atoms in total. The standard InChI is InChI=1S/C27H39F3/c1-2-3-4-5-6-7-20-8-10-21(11-9-20)12-13-22-14-16-23(17-15-22)24-18-25(28)27(30)26(29)19-24/h2-3,18-23H,4-17H2,1H3/b3-2+. The predicted octanol–water partition coefficient (Wildman–Crippen LogP) is 9.10. The summed E-state index contributed by atoms with van der Waals surface area (Å²) in [6.07, 6.45) is 22.3. The molecule has 0 N–H and O–H groups in total. The van der Waals surface area contributed by atoms with Crippen LogP contribution < -0.4 is 0 Å². The van der Waals surface area contributed by atoms with E-state index in [9.17, 15) is 13.2 Å². The van der Waals surface area contributed by atoms with Gasteiger partial charge >= 0.3 is 0 Å². The first-order chi connectivity index (χ1) is 14.6. The third-order valence-corrected chi connectivity index (χ3v) is 7.74. The molecule has 0 aliphatic heterocycles. The highest BCUT2D eigenvalue weighted by molar-refractivity contribution is 5.23. The van der Waals surface area contributed by atoms with Gasteiger partial charge in [0.1, 0.15) is 0 Å². The van der Waals surface area contributed by atoms with Crippen LogP contribution in [0.2, 0.25) is 0 Å². The second-order valence-electron chi connectivity index (χ2n) is 9.83. The lowest BCUT2D eigenvalue weighted by Gasteiger charge is -2.32. The molecule has 0 atom stereocenters. The number of benzene rings is 1. The fourth-order valence-corrected chi connectivity index (χ4v) is 5.74. The summed E-state index contributed by atoms with van der Waals surface area (Å²) in [5.74, 6) is -0.673. The van der Waals surface area contributed by atoms with Gasteiger partial charge in [-0.3, -0.25) is 0 Å². The minimum atomic E-state index is -1.35. The smallest absolute Gasteiger partial charge is 0.194 e. The molecule has 1 aromatic rings. The molecule has 0 spiro atoms. The summed E-state index contributed by atoms with van der Waals surface area (Å²) in [6, 6.07) is 2.39. The van der Waals surface area contributed by atoms with E-state index in [4.69, 9.17) is 0 Å². The van der Waals surface area contributed by atoms with Crippen molar-refractivity contribution in [1.29, 1.82) is 0 Å². The average Bonchev–Trinajstić information content (AvgIpc) is 2.77. The van der Waals surface area contributed by atoms with E-state index in [1.54, 1.807) is 0 Å². The van der Waals surface area contributed by atoms with Crippen molar-refractivity contribution >= 4 is 0 Å². The zero-order valence-corrected chi connectivity index (χ0v) is 18.7. The van der Waals surface area contributed by atoms with Gasteiger partial charge in [0, 0.05) is 0 Å². The van der Waals surface area contributed by atoms with Gasteiger partial charge in [0.2, 0.25) is 0 Å². The van der Waals surface area contributed by atoms with Crippen LogP contribution in [-0.2, 0) is 0 Å². The highest BCUT2D eigenvalue weighted by Gasteiger charge is 2.26. The molecule has 2 saturated carbocycles. The highest BCUT2D eigenvalue weighted by atomic mass is 19.2. The molecule has 2 fully saturated rings. The molecule has 3 rings (SSSR count). The second-order valence-corrected chi connectivity index (χ2v) is 9.83. The Kier molecular flexibility index (Phi) is 9.33. The van der Waals surface area contributed by atoms with Crippen LogP contribution in [0.5, 0.6) is 0 Å². The Bertz CT molecular complexity index is 642. The molecule has 2 aliphatic rings. The van der Waals surface area contributed by atoms with Crippen LogP contribution in [0.3, 0.4) is 0 Å². The van der Waals surface area contributed by atoms with Crippen molar-refractivity contribution in [3.63, 3.8) is 0 Å². The van der Waals surface area contributed by atoms with E-state index in [-0.39, 0.29) is 5.92 Å². The summed E-state index contributed by atoms with van der Waals surface area (Å²) in [5.41, 5.74) is 0.633. The number of hydrogen-bond acceptors (Lipinski definition) is 0. The van der Waals surface area contributed by atoms with E-state index in [2.05, 4.69) is 19.1 Å². The number of allylic oxidation sites excluding steroid dienone is 2. The van der Waals surface area contributed by atoms with Gasteiger partial charge in [0.15, 0.2) is 17.5 Å². The van der Waals surface area contributed by atoms with Crippen molar-refractivity contribution in [3.8, 4) is 0 Å². The number of rotatable bonds is 9. The van der Waals surface area contributed by atoms with Crippen LogP contribution in [0.25, 0.3) is 0 Å². The van der Waals surface area contributed by atoms with Gasteiger partial charge in [0.25, 0.3) is 0 Å². The minimum absolute atomic E-state index is 0.175. The van der Waals surface area contributed by atoms with E-state index in [1.165, 1.54) is 76.3 Å². The Labute approximate surface area is 181 Å². The van der Waals surface area contributed by atoms with Gasteiger partial charge in [-0.25, -0.2) is 13.2 Å². The van der Waals surface area contributed by atoms with Gasteiger partial charge in [-0.15, -0.1) is 0 Å². The van der Waals surface area contributed by atoms with Gasteiger partial charge in [-0.05, 0) is 86.8 Å². The van der Waals surface area contributed by atoms with Gasteiger partial charge < -0.3 is 0 Å². The second kappa shape index (κ2) is 12.0. The SMILES string of the molecule is C/C=C/CCCCC1CCC(CCC2CCC(c3cc(F)c(F)c(F)c3)CC2)CC1. The molecule has 0 amide bonds. The molecular weight excluding hydrogens is 381 g/mol. The van der Waals surface area contributed by atoms with Gasteiger partial charge in [-0.1, -0.05) is 63.5 Å². The van der Waals surface area contributed by atoms with E-state index in [1.807, 2.05) is 0 Å². The molecule has 0 unspecified atom stereocenters. The molecule has 30 heavy (non-hydrogen) atoms. The van der Waals surface area contributed by atoms with Crippen LogP contribution in [0.4, 0.5) is 13.2 Å². The van der Waals surface area contributed by atoms with Crippen molar-refractivity contribution in [3.05, 3.63) is 47.3 Å². The first kappa shape index (κ1) is 23.4. The Morgan fingerprint density at radius 3 is 1.77 bits per heavy atom. The fourth-order valence-electron chi connectivity index (χ4n) is 5.74. The third-order valence-electron chi connectivity index (χ3n) is 7.74. The van der Waals surface area contributed by atoms with Crippen LogP contribution in [0, 0.1) is 35.2 Å². The fraction of sp³-hybridized carbons (Fsp3) is 0.704. The first-order valence-corrected chi connectivity index (χ1v) is 12.3. The molecule has 1 aromatic carbocycles. The van der Waals surface area contributed by atoms with Crippen LogP contribution >= 0.6 is 0 Å². The highest BCUT2D eigenvalue weighted by Crippen LogP contribution is 2.40. The number of unbranched alkanes of at least 4 members (excludes halogenated alkanes) is 2. The Morgan fingerprint density at radius 1 is 0.733 bits per heavy atom.